The monoisotopic (exact) mass is 279 g/mol. The van der Waals surface area contributed by atoms with Gasteiger partial charge in [0.15, 0.2) is 17.5 Å². The van der Waals surface area contributed by atoms with Crippen LogP contribution in [0.5, 0.6) is 11.5 Å². The van der Waals surface area contributed by atoms with E-state index in [-0.39, 0.29) is 18.7 Å². The summed E-state index contributed by atoms with van der Waals surface area (Å²) in [5.74, 6) is 1.41. The number of quaternary nitrogens is 1. The van der Waals surface area contributed by atoms with Gasteiger partial charge in [0.25, 0.3) is 5.91 Å². The number of ether oxygens (including phenoxy) is 3. The second kappa shape index (κ2) is 5.68. The summed E-state index contributed by atoms with van der Waals surface area (Å²) in [5, 5.41) is 2.93. The van der Waals surface area contributed by atoms with E-state index in [4.69, 9.17) is 14.2 Å². The minimum absolute atomic E-state index is 0.0146. The Labute approximate surface area is 117 Å². The van der Waals surface area contributed by atoms with Crippen LogP contribution in [-0.2, 0) is 9.53 Å². The highest BCUT2D eigenvalue weighted by Crippen LogP contribution is 2.34. The largest absolute Gasteiger partial charge is 0.454 e. The van der Waals surface area contributed by atoms with Gasteiger partial charge in [-0.25, -0.2) is 0 Å². The van der Waals surface area contributed by atoms with Crippen molar-refractivity contribution < 1.29 is 23.9 Å². The molecule has 1 aromatic rings. The molecule has 2 heterocycles. The van der Waals surface area contributed by atoms with E-state index in [0.717, 1.165) is 37.7 Å². The fraction of sp³-hybridized carbons (Fsp3) is 0.500. The topological polar surface area (TPSA) is 61.2 Å². The minimum Gasteiger partial charge on any atom is -0.454 e. The number of hydrogen-bond acceptors (Lipinski definition) is 4. The maximum atomic E-state index is 12.3. The van der Waals surface area contributed by atoms with Gasteiger partial charge in [-0.2, -0.15) is 0 Å². The molecule has 108 valence electrons. The molecule has 1 saturated heterocycles. The quantitative estimate of drug-likeness (QED) is 0.794. The number of carbonyl (C=O) groups excluding carboxylic acids is 1. The molecule has 0 saturated carbocycles. The summed E-state index contributed by atoms with van der Waals surface area (Å²) in [7, 11) is 0. The molecule has 6 nitrogen and oxygen atoms in total. The first-order valence-electron chi connectivity index (χ1n) is 6.87. The van der Waals surface area contributed by atoms with Crippen LogP contribution in [0.15, 0.2) is 18.2 Å². The van der Waals surface area contributed by atoms with Crippen LogP contribution in [0.1, 0.15) is 6.92 Å². The molecule has 2 aliphatic heterocycles. The molecule has 20 heavy (non-hydrogen) atoms. The molecule has 3 rings (SSSR count). The minimum atomic E-state index is -0.0932. The van der Waals surface area contributed by atoms with Crippen LogP contribution in [0, 0.1) is 0 Å². The van der Waals surface area contributed by atoms with Crippen LogP contribution in [0.2, 0.25) is 0 Å². The summed E-state index contributed by atoms with van der Waals surface area (Å²) >= 11 is 0. The number of hydrogen-bond donors (Lipinski definition) is 2. The van der Waals surface area contributed by atoms with Crippen LogP contribution < -0.4 is 19.7 Å². The number of morpholine rings is 1. The Kier molecular flexibility index (Phi) is 3.75. The molecule has 0 aliphatic carbocycles. The van der Waals surface area contributed by atoms with E-state index in [1.807, 2.05) is 19.1 Å². The zero-order valence-electron chi connectivity index (χ0n) is 11.5. The standard InChI is InChI=1S/C14H18N2O4/c1-10(16-4-6-18-7-5-16)14(17)15-11-2-3-12-13(8-11)20-9-19-12/h2-3,8,10H,4-7,9H2,1H3,(H,15,17)/p+1/t10-/m0/s1. The van der Waals surface area contributed by atoms with Gasteiger partial charge in [-0.15, -0.1) is 0 Å². The molecule has 1 amide bonds. The Morgan fingerprint density at radius 1 is 1.25 bits per heavy atom. The summed E-state index contributed by atoms with van der Waals surface area (Å²) in [5.41, 5.74) is 0.735. The number of rotatable bonds is 3. The highest BCUT2D eigenvalue weighted by atomic mass is 16.7. The Bertz CT molecular complexity index is 500. The smallest absolute Gasteiger partial charge is 0.282 e. The average molecular weight is 279 g/mol. The summed E-state index contributed by atoms with van der Waals surface area (Å²) in [6, 6.07) is 5.34. The number of benzene rings is 1. The zero-order valence-corrected chi connectivity index (χ0v) is 11.5. The Morgan fingerprint density at radius 2 is 2.00 bits per heavy atom. The first kappa shape index (κ1) is 13.2. The third-order valence-corrected chi connectivity index (χ3v) is 3.78. The van der Waals surface area contributed by atoms with Crippen LogP contribution >= 0.6 is 0 Å². The van der Waals surface area contributed by atoms with E-state index < -0.39 is 0 Å². The van der Waals surface area contributed by atoms with Gasteiger partial charge in [-0.3, -0.25) is 4.79 Å². The van der Waals surface area contributed by atoms with Gasteiger partial charge in [0.2, 0.25) is 6.79 Å². The van der Waals surface area contributed by atoms with Crippen molar-refractivity contribution >= 4 is 11.6 Å². The van der Waals surface area contributed by atoms with E-state index in [9.17, 15) is 4.79 Å². The van der Waals surface area contributed by atoms with Gasteiger partial charge in [-0.05, 0) is 19.1 Å². The molecule has 1 fully saturated rings. The molecule has 0 radical (unpaired) electrons. The first-order valence-corrected chi connectivity index (χ1v) is 6.87. The second-order valence-corrected chi connectivity index (χ2v) is 5.05. The van der Waals surface area contributed by atoms with Gasteiger partial charge >= 0.3 is 0 Å². The molecule has 2 aliphatic rings. The maximum absolute atomic E-state index is 12.3. The van der Waals surface area contributed by atoms with Crippen molar-refractivity contribution in [2.24, 2.45) is 0 Å². The first-order chi connectivity index (χ1) is 9.74. The molecule has 1 aromatic carbocycles. The zero-order chi connectivity index (χ0) is 13.9. The summed E-state index contributed by atoms with van der Waals surface area (Å²) < 4.78 is 15.9. The van der Waals surface area contributed by atoms with Crippen molar-refractivity contribution in [2.75, 3.05) is 38.4 Å². The summed E-state index contributed by atoms with van der Waals surface area (Å²) in [4.78, 5) is 13.5. The molecule has 2 N–H and O–H groups in total. The van der Waals surface area contributed by atoms with Gasteiger partial charge in [-0.1, -0.05) is 0 Å². The molecule has 6 heteroatoms. The van der Waals surface area contributed by atoms with Crippen molar-refractivity contribution in [3.8, 4) is 11.5 Å². The lowest BCUT2D eigenvalue weighted by molar-refractivity contribution is -0.921. The molecule has 0 unspecified atom stereocenters. The summed E-state index contributed by atoms with van der Waals surface area (Å²) in [6.07, 6.45) is 0. The SMILES string of the molecule is C[C@@H](C(=O)Nc1ccc2c(c1)OCO2)[NH+]1CCOCC1. The Morgan fingerprint density at radius 3 is 2.80 bits per heavy atom. The molecule has 0 aromatic heterocycles. The van der Waals surface area contributed by atoms with Crippen molar-refractivity contribution in [3.63, 3.8) is 0 Å². The number of anilines is 1. The molecular weight excluding hydrogens is 260 g/mol. The van der Waals surface area contributed by atoms with E-state index >= 15 is 0 Å². The van der Waals surface area contributed by atoms with Gasteiger partial charge in [0.1, 0.15) is 13.1 Å². The normalized spacial score (nSPS) is 19.6. The van der Waals surface area contributed by atoms with Crippen LogP contribution in [0.3, 0.4) is 0 Å². The highest BCUT2D eigenvalue weighted by molar-refractivity contribution is 5.93. The van der Waals surface area contributed by atoms with Crippen molar-refractivity contribution in [2.45, 2.75) is 13.0 Å². The predicted molar refractivity (Wildman–Crippen MR) is 72.2 cm³/mol. The predicted octanol–water partition coefficient (Wildman–Crippen LogP) is -0.343. The van der Waals surface area contributed by atoms with E-state index in [2.05, 4.69) is 5.32 Å². The maximum Gasteiger partial charge on any atom is 0.282 e. The molecule has 0 spiro atoms. The van der Waals surface area contributed by atoms with E-state index in [1.54, 1.807) is 6.07 Å². The van der Waals surface area contributed by atoms with Crippen LogP contribution in [0.25, 0.3) is 0 Å². The Balaban J connectivity index is 1.63. The highest BCUT2D eigenvalue weighted by Gasteiger charge is 2.27. The van der Waals surface area contributed by atoms with Gasteiger partial charge in [0.05, 0.1) is 13.2 Å². The van der Waals surface area contributed by atoms with Crippen molar-refractivity contribution in [3.05, 3.63) is 18.2 Å². The lowest BCUT2D eigenvalue weighted by Crippen LogP contribution is -3.18. The van der Waals surface area contributed by atoms with Crippen LogP contribution in [0.4, 0.5) is 5.69 Å². The fourth-order valence-electron chi connectivity index (χ4n) is 2.48. The van der Waals surface area contributed by atoms with Gasteiger partial charge in [0, 0.05) is 11.8 Å². The number of fused-ring (bicyclic) bond motifs is 1. The summed E-state index contributed by atoms with van der Waals surface area (Å²) in [6.45, 7) is 5.36. The number of nitrogens with one attached hydrogen (secondary N) is 2. The Hall–Kier alpha value is -1.79. The molecule has 1 atom stereocenters. The van der Waals surface area contributed by atoms with Crippen molar-refractivity contribution in [1.82, 2.24) is 0 Å². The molecular formula is C14H19N2O4+. The van der Waals surface area contributed by atoms with E-state index in [1.165, 1.54) is 4.90 Å². The lowest BCUT2D eigenvalue weighted by atomic mass is 10.2. The van der Waals surface area contributed by atoms with Crippen molar-refractivity contribution in [1.29, 1.82) is 0 Å². The van der Waals surface area contributed by atoms with Gasteiger partial charge < -0.3 is 24.4 Å². The van der Waals surface area contributed by atoms with E-state index in [0.29, 0.717) is 5.75 Å². The lowest BCUT2D eigenvalue weighted by Gasteiger charge is -2.28. The third kappa shape index (κ3) is 2.71. The second-order valence-electron chi connectivity index (χ2n) is 5.05. The average Bonchev–Trinajstić information content (AvgIpc) is 2.95. The van der Waals surface area contributed by atoms with Crippen LogP contribution in [-0.4, -0.2) is 45.0 Å². The number of amides is 1. The fourth-order valence-corrected chi connectivity index (χ4v) is 2.48. The number of carbonyl (C=O) groups is 1. The molecule has 0 bridgehead atoms. The third-order valence-electron chi connectivity index (χ3n) is 3.78.